The number of carbonyl (C=O) groups is 5. The minimum atomic E-state index is -3.05. The van der Waals surface area contributed by atoms with Crippen LogP contribution in [0.4, 0.5) is 22.4 Å². The molecule has 1 fully saturated rings. The monoisotopic (exact) mass is 724 g/mol. The van der Waals surface area contributed by atoms with Crippen LogP contribution in [0.2, 0.25) is 0 Å². The Hall–Kier alpha value is -4.73. The number of hydrogen-bond donors (Lipinski definition) is 4. The SMILES string of the molecule is CC(C)COC(=O)N[C@H](C(=O)N1CC(OCc2ccccc2)CC1C(=O)N[C@@H](CC(F)F)C(=O)NCCc1c(F)cc(C(=O)O)cc1F)C(C)C. The maximum absolute atomic E-state index is 14.4. The molecule has 3 rings (SSSR count). The van der Waals surface area contributed by atoms with Gasteiger partial charge in [0.1, 0.15) is 29.8 Å². The molecule has 4 atom stereocenters. The van der Waals surface area contributed by atoms with E-state index in [0.717, 1.165) is 5.56 Å². The lowest BCUT2D eigenvalue weighted by molar-refractivity contribution is -0.141. The van der Waals surface area contributed by atoms with Crippen molar-refractivity contribution in [1.82, 2.24) is 20.9 Å². The fraction of sp³-hybridized carbons (Fsp3) is 0.514. The molecule has 0 radical (unpaired) electrons. The highest BCUT2D eigenvalue weighted by atomic mass is 19.3. The van der Waals surface area contributed by atoms with Gasteiger partial charge < -0.3 is 35.4 Å². The number of carboxylic acids is 1. The quantitative estimate of drug-likeness (QED) is 0.178. The van der Waals surface area contributed by atoms with Crippen molar-refractivity contribution >= 4 is 29.8 Å². The molecule has 4 amide bonds. The smallest absolute Gasteiger partial charge is 0.407 e. The van der Waals surface area contributed by atoms with E-state index in [2.05, 4.69) is 16.0 Å². The third-order valence-electron chi connectivity index (χ3n) is 8.04. The number of likely N-dealkylation sites (tertiary alicyclic amines) is 1. The first kappa shape index (κ1) is 40.7. The third-order valence-corrected chi connectivity index (χ3v) is 8.04. The summed E-state index contributed by atoms with van der Waals surface area (Å²) in [5.41, 5.74) is -0.326. The van der Waals surface area contributed by atoms with E-state index in [9.17, 15) is 41.5 Å². The first-order valence-electron chi connectivity index (χ1n) is 16.5. The summed E-state index contributed by atoms with van der Waals surface area (Å²) < 4.78 is 67.1. The maximum atomic E-state index is 14.4. The molecule has 1 aliphatic heterocycles. The zero-order valence-corrected chi connectivity index (χ0v) is 28.8. The Morgan fingerprint density at radius 3 is 2.20 bits per heavy atom. The van der Waals surface area contributed by atoms with E-state index < -0.39 is 109 Å². The van der Waals surface area contributed by atoms with Gasteiger partial charge in [0.2, 0.25) is 24.1 Å². The van der Waals surface area contributed by atoms with Crippen molar-refractivity contribution in [2.45, 2.75) is 84.2 Å². The van der Waals surface area contributed by atoms with E-state index in [0.29, 0.717) is 12.1 Å². The van der Waals surface area contributed by atoms with Gasteiger partial charge in [-0.15, -0.1) is 0 Å². The number of carbonyl (C=O) groups excluding carboxylic acids is 4. The summed E-state index contributed by atoms with van der Waals surface area (Å²) in [5, 5.41) is 16.1. The van der Waals surface area contributed by atoms with Crippen molar-refractivity contribution in [3.05, 3.63) is 70.8 Å². The number of amides is 4. The molecule has 0 bridgehead atoms. The van der Waals surface area contributed by atoms with E-state index in [1.54, 1.807) is 13.8 Å². The second kappa shape index (κ2) is 19.0. The highest BCUT2D eigenvalue weighted by Crippen LogP contribution is 2.25. The van der Waals surface area contributed by atoms with Gasteiger partial charge >= 0.3 is 12.1 Å². The molecule has 2 unspecified atom stereocenters. The van der Waals surface area contributed by atoms with Crippen LogP contribution in [0.5, 0.6) is 0 Å². The van der Waals surface area contributed by atoms with Crippen LogP contribution in [0.15, 0.2) is 42.5 Å². The molecular weight excluding hydrogens is 680 g/mol. The molecule has 4 N–H and O–H groups in total. The highest BCUT2D eigenvalue weighted by Gasteiger charge is 2.44. The van der Waals surface area contributed by atoms with Crippen LogP contribution in [0.25, 0.3) is 0 Å². The number of halogens is 4. The standard InChI is InChI=1S/C35H44F4N4O8/c1-19(2)17-51-35(49)42-30(20(3)4)33(46)43-16-23(50-18-21-8-6-5-7-9-21)14-28(43)32(45)41-27(15-29(38)39)31(44)40-11-10-24-25(36)12-22(34(47)48)13-26(24)37/h5-9,12-13,19-20,23,27-30H,10-11,14-18H2,1-4H3,(H,40,44)(H,41,45)(H,42,49)(H,47,48)/t23?,27-,28?,30-/m0/s1. The van der Waals surface area contributed by atoms with Gasteiger partial charge in [0.05, 0.1) is 24.9 Å². The first-order chi connectivity index (χ1) is 24.1. The fourth-order valence-corrected chi connectivity index (χ4v) is 5.38. The third kappa shape index (κ3) is 12.2. The van der Waals surface area contributed by atoms with E-state index in [1.165, 1.54) is 4.90 Å². The van der Waals surface area contributed by atoms with Crippen LogP contribution in [-0.2, 0) is 36.9 Å². The Morgan fingerprint density at radius 2 is 1.63 bits per heavy atom. The van der Waals surface area contributed by atoms with E-state index in [4.69, 9.17) is 14.6 Å². The Kier molecular flexibility index (Phi) is 15.2. The summed E-state index contributed by atoms with van der Waals surface area (Å²) in [5.74, 6) is -6.96. The Bertz CT molecular complexity index is 1510. The second-order valence-corrected chi connectivity index (χ2v) is 13.0. The van der Waals surface area contributed by atoms with Gasteiger partial charge in [-0.3, -0.25) is 14.4 Å². The van der Waals surface area contributed by atoms with Crippen LogP contribution >= 0.6 is 0 Å². The number of alkyl carbamates (subject to hydrolysis) is 1. The zero-order valence-electron chi connectivity index (χ0n) is 28.8. The number of nitrogens with zero attached hydrogens (tertiary/aromatic N) is 1. The van der Waals surface area contributed by atoms with Crippen LogP contribution in [0.3, 0.4) is 0 Å². The van der Waals surface area contributed by atoms with E-state index in [-0.39, 0.29) is 32.1 Å². The molecule has 0 aliphatic carbocycles. The molecule has 1 heterocycles. The Morgan fingerprint density at radius 1 is 0.980 bits per heavy atom. The predicted octanol–water partition coefficient (Wildman–Crippen LogP) is 4.05. The van der Waals surface area contributed by atoms with Crippen molar-refractivity contribution in [3.8, 4) is 0 Å². The normalized spacial score (nSPS) is 17.0. The largest absolute Gasteiger partial charge is 0.478 e. The van der Waals surface area contributed by atoms with Gasteiger partial charge in [0, 0.05) is 31.5 Å². The lowest BCUT2D eigenvalue weighted by Gasteiger charge is -2.31. The summed E-state index contributed by atoms with van der Waals surface area (Å²) in [4.78, 5) is 65.4. The summed E-state index contributed by atoms with van der Waals surface area (Å²) in [7, 11) is 0. The lowest BCUT2D eigenvalue weighted by atomic mass is 10.0. The molecular formula is C35H44F4N4O8. The molecule has 280 valence electrons. The van der Waals surface area contributed by atoms with Crippen molar-refractivity contribution < 1.29 is 56.1 Å². The van der Waals surface area contributed by atoms with Crippen molar-refractivity contribution in [3.63, 3.8) is 0 Å². The summed E-state index contributed by atoms with van der Waals surface area (Å²) in [6.07, 6.45) is -6.17. The molecule has 2 aromatic carbocycles. The Labute approximate surface area is 293 Å². The molecule has 0 saturated carbocycles. The number of hydrogen-bond acceptors (Lipinski definition) is 7. The summed E-state index contributed by atoms with van der Waals surface area (Å²) in [6.45, 7) is 6.76. The molecule has 1 aliphatic rings. The molecule has 16 heteroatoms. The predicted molar refractivity (Wildman–Crippen MR) is 176 cm³/mol. The van der Waals surface area contributed by atoms with Gasteiger partial charge in [-0.2, -0.15) is 0 Å². The Balaban J connectivity index is 1.77. The molecule has 2 aromatic rings. The number of nitrogens with one attached hydrogen (secondary N) is 3. The van der Waals surface area contributed by atoms with Gasteiger partial charge in [0.25, 0.3) is 0 Å². The van der Waals surface area contributed by atoms with Gasteiger partial charge in [-0.05, 0) is 36.0 Å². The van der Waals surface area contributed by atoms with Gasteiger partial charge in [-0.25, -0.2) is 27.2 Å². The maximum Gasteiger partial charge on any atom is 0.407 e. The highest BCUT2D eigenvalue weighted by molar-refractivity contribution is 5.94. The zero-order chi connectivity index (χ0) is 37.8. The number of ether oxygens (including phenoxy) is 2. The van der Waals surface area contributed by atoms with Crippen molar-refractivity contribution in [1.29, 1.82) is 0 Å². The van der Waals surface area contributed by atoms with E-state index in [1.807, 2.05) is 44.2 Å². The van der Waals surface area contributed by atoms with Crippen LogP contribution in [-0.4, -0.2) is 90.1 Å². The minimum Gasteiger partial charge on any atom is -0.478 e. The lowest BCUT2D eigenvalue weighted by Crippen LogP contribution is -2.57. The first-order valence-corrected chi connectivity index (χ1v) is 16.5. The number of aromatic carboxylic acids is 1. The molecule has 1 saturated heterocycles. The van der Waals surface area contributed by atoms with Gasteiger partial charge in [0.15, 0.2) is 0 Å². The summed E-state index contributed by atoms with van der Waals surface area (Å²) in [6, 6.07) is 6.12. The molecule has 12 nitrogen and oxygen atoms in total. The minimum absolute atomic E-state index is 0.0317. The van der Waals surface area contributed by atoms with Crippen LogP contribution in [0.1, 0.15) is 62.0 Å². The van der Waals surface area contributed by atoms with Crippen molar-refractivity contribution in [2.24, 2.45) is 11.8 Å². The summed E-state index contributed by atoms with van der Waals surface area (Å²) >= 11 is 0. The topological polar surface area (TPSA) is 163 Å². The van der Waals surface area contributed by atoms with E-state index >= 15 is 0 Å². The second-order valence-electron chi connectivity index (χ2n) is 13.0. The molecule has 0 spiro atoms. The average molecular weight is 725 g/mol. The van der Waals surface area contributed by atoms with Crippen LogP contribution < -0.4 is 16.0 Å². The number of rotatable bonds is 17. The van der Waals surface area contributed by atoms with Crippen LogP contribution in [0, 0.1) is 23.5 Å². The number of alkyl halides is 2. The fourth-order valence-electron chi connectivity index (χ4n) is 5.38. The number of benzene rings is 2. The average Bonchev–Trinajstić information content (AvgIpc) is 3.50. The van der Waals surface area contributed by atoms with Crippen molar-refractivity contribution in [2.75, 3.05) is 19.7 Å². The number of carboxylic acid groups (broad SMARTS) is 1. The molecule has 51 heavy (non-hydrogen) atoms. The molecule has 0 aromatic heterocycles. The van der Waals surface area contributed by atoms with Gasteiger partial charge in [-0.1, -0.05) is 58.0 Å².